The van der Waals surface area contributed by atoms with Gasteiger partial charge in [0.2, 0.25) is 5.89 Å². The van der Waals surface area contributed by atoms with Gasteiger partial charge in [-0.2, -0.15) is 0 Å². The molecule has 0 spiro atoms. The first-order chi connectivity index (χ1) is 20.3. The highest BCUT2D eigenvalue weighted by Crippen LogP contribution is 2.43. The lowest BCUT2D eigenvalue weighted by atomic mass is 9.85. The number of oxazole rings is 1. The smallest absolute Gasteiger partial charge is 0.226 e. The molecule has 0 saturated heterocycles. The molecular weight excluding hydrogens is 520 g/mol. The first kappa shape index (κ1) is 29.5. The lowest BCUT2D eigenvalue weighted by Crippen LogP contribution is -2.24. The fraction of sp³-hybridized carbons (Fsp3) is 0.351. The molecule has 1 aliphatic rings. The molecule has 0 amide bonds. The van der Waals surface area contributed by atoms with E-state index < -0.39 is 0 Å². The van der Waals surface area contributed by atoms with Gasteiger partial charge in [-0.3, -0.25) is 4.79 Å². The number of fused-ring (bicyclic) bond motifs is 2. The summed E-state index contributed by atoms with van der Waals surface area (Å²) in [6, 6.07) is 24.8. The summed E-state index contributed by atoms with van der Waals surface area (Å²) in [7, 11) is 0. The largest absolute Gasteiger partial charge is 0.441 e. The van der Waals surface area contributed by atoms with Gasteiger partial charge in [-0.25, -0.2) is 4.98 Å². The Kier molecular flexibility index (Phi) is 8.79. The normalized spacial score (nSPS) is 13.6. The Balaban J connectivity index is 0.000000199. The van der Waals surface area contributed by atoms with Gasteiger partial charge in [-0.05, 0) is 69.4 Å². The second kappa shape index (κ2) is 12.5. The molecule has 42 heavy (non-hydrogen) atoms. The van der Waals surface area contributed by atoms with E-state index in [9.17, 15) is 4.79 Å². The number of hydrogen-bond acceptors (Lipinski definition) is 4. The molecule has 5 aromatic rings. The summed E-state index contributed by atoms with van der Waals surface area (Å²) in [4.78, 5) is 17.0. The van der Waals surface area contributed by atoms with E-state index >= 15 is 0 Å². The van der Waals surface area contributed by atoms with Crippen LogP contribution in [-0.2, 0) is 23.5 Å². The maximum Gasteiger partial charge on any atom is 0.226 e. The number of benzene rings is 3. The van der Waals surface area contributed by atoms with Gasteiger partial charge >= 0.3 is 0 Å². The van der Waals surface area contributed by atoms with E-state index in [-0.39, 0.29) is 11.4 Å². The molecule has 3 aromatic carbocycles. The molecule has 5 heteroatoms. The highest BCUT2D eigenvalue weighted by atomic mass is 16.5. The minimum Gasteiger partial charge on any atom is -0.441 e. The average molecular weight is 563 g/mol. The molecule has 0 radical (unpaired) electrons. The summed E-state index contributed by atoms with van der Waals surface area (Å²) in [6.45, 7) is 13.5. The van der Waals surface area contributed by atoms with Crippen molar-refractivity contribution in [3.63, 3.8) is 0 Å². The van der Waals surface area contributed by atoms with Crippen LogP contribution in [0.3, 0.4) is 0 Å². The van der Waals surface area contributed by atoms with E-state index in [1.807, 2.05) is 56.3 Å². The Labute approximate surface area is 249 Å². The van der Waals surface area contributed by atoms with Crippen LogP contribution >= 0.6 is 0 Å². The Morgan fingerprint density at radius 2 is 1.57 bits per heavy atom. The van der Waals surface area contributed by atoms with E-state index in [0.717, 1.165) is 64.2 Å². The van der Waals surface area contributed by atoms with Crippen LogP contribution in [0.1, 0.15) is 90.7 Å². The Morgan fingerprint density at radius 3 is 2.29 bits per heavy atom. The van der Waals surface area contributed by atoms with Crippen LogP contribution in [0.15, 0.2) is 77.2 Å². The van der Waals surface area contributed by atoms with Crippen molar-refractivity contribution in [2.75, 3.05) is 0 Å². The molecule has 1 aliphatic heterocycles. The van der Waals surface area contributed by atoms with Gasteiger partial charge in [-0.15, -0.1) is 0 Å². The summed E-state index contributed by atoms with van der Waals surface area (Å²) in [5.74, 6) is 1.52. The minimum atomic E-state index is 0.0279. The van der Waals surface area contributed by atoms with E-state index in [2.05, 4.69) is 55.7 Å². The number of para-hydroxylation sites is 1. The fourth-order valence-electron chi connectivity index (χ4n) is 6.46. The van der Waals surface area contributed by atoms with Crippen LogP contribution in [0.4, 0.5) is 0 Å². The van der Waals surface area contributed by atoms with Gasteiger partial charge in [0.15, 0.2) is 5.78 Å². The molecular formula is C37H42N2O3. The number of aryl methyl sites for hydroxylation is 2. The number of hydrogen-bond donors (Lipinski definition) is 0. The minimum absolute atomic E-state index is 0.0279. The maximum absolute atomic E-state index is 12.2. The first-order valence-electron chi connectivity index (χ1n) is 15.1. The van der Waals surface area contributed by atoms with Crippen molar-refractivity contribution in [3.05, 3.63) is 112 Å². The number of aromatic nitrogens is 2. The number of ether oxygens (including phenoxy) is 1. The molecule has 0 unspecified atom stereocenters. The molecule has 0 aliphatic carbocycles. The SMILES string of the molecule is CC(=O)c1c(C)n(Cc2nc(-c3ccccc3C)oc2C)c2ccccc12.CCCC1(CCC)OCc2ccccc21. The number of ketones is 1. The van der Waals surface area contributed by atoms with Gasteiger partial charge in [0.25, 0.3) is 0 Å². The fourth-order valence-corrected chi connectivity index (χ4v) is 6.46. The van der Waals surface area contributed by atoms with Crippen LogP contribution in [0.2, 0.25) is 0 Å². The first-order valence-corrected chi connectivity index (χ1v) is 15.1. The van der Waals surface area contributed by atoms with Crippen molar-refractivity contribution in [1.82, 2.24) is 9.55 Å². The number of carbonyl (C=O) groups is 1. The summed E-state index contributed by atoms with van der Waals surface area (Å²) in [6.07, 6.45) is 4.68. The third-order valence-electron chi connectivity index (χ3n) is 8.48. The van der Waals surface area contributed by atoms with E-state index in [4.69, 9.17) is 14.1 Å². The van der Waals surface area contributed by atoms with Crippen molar-refractivity contribution < 1.29 is 13.9 Å². The Hall–Kier alpha value is -3.96. The quantitative estimate of drug-likeness (QED) is 0.177. The Morgan fingerprint density at radius 1 is 0.905 bits per heavy atom. The number of rotatable bonds is 8. The van der Waals surface area contributed by atoms with Crippen LogP contribution in [-0.4, -0.2) is 15.3 Å². The third-order valence-corrected chi connectivity index (χ3v) is 8.48. The average Bonchev–Trinajstić information content (AvgIpc) is 3.62. The van der Waals surface area contributed by atoms with Crippen LogP contribution in [0.25, 0.3) is 22.4 Å². The predicted molar refractivity (Wildman–Crippen MR) is 170 cm³/mol. The lowest BCUT2D eigenvalue weighted by Gasteiger charge is -2.29. The van der Waals surface area contributed by atoms with Gasteiger partial charge in [0.05, 0.1) is 18.8 Å². The predicted octanol–water partition coefficient (Wildman–Crippen LogP) is 9.48. The highest BCUT2D eigenvalue weighted by molar-refractivity contribution is 6.08. The monoisotopic (exact) mass is 562 g/mol. The van der Waals surface area contributed by atoms with E-state index in [1.54, 1.807) is 6.92 Å². The van der Waals surface area contributed by atoms with Gasteiger partial charge < -0.3 is 13.7 Å². The molecule has 2 aromatic heterocycles. The zero-order valence-corrected chi connectivity index (χ0v) is 25.8. The van der Waals surface area contributed by atoms with Gasteiger partial charge in [0, 0.05) is 27.7 Å². The third kappa shape index (κ3) is 5.58. The summed E-state index contributed by atoms with van der Waals surface area (Å²) in [5, 5.41) is 0.989. The van der Waals surface area contributed by atoms with Gasteiger partial charge in [-0.1, -0.05) is 87.4 Å². The number of carbonyl (C=O) groups excluding carboxylic acids is 1. The topological polar surface area (TPSA) is 57.3 Å². The molecule has 6 rings (SSSR count). The van der Waals surface area contributed by atoms with Crippen molar-refractivity contribution in [2.24, 2.45) is 0 Å². The highest BCUT2D eigenvalue weighted by Gasteiger charge is 2.37. The number of nitrogens with zero attached hydrogens (tertiary/aromatic N) is 2. The maximum atomic E-state index is 12.2. The molecule has 0 bridgehead atoms. The molecule has 218 valence electrons. The second-order valence-electron chi connectivity index (χ2n) is 11.4. The zero-order chi connectivity index (χ0) is 29.9. The van der Waals surface area contributed by atoms with Crippen molar-refractivity contribution in [3.8, 4) is 11.5 Å². The molecule has 0 N–H and O–H groups in total. The van der Waals surface area contributed by atoms with Crippen LogP contribution in [0.5, 0.6) is 0 Å². The van der Waals surface area contributed by atoms with Crippen LogP contribution in [0, 0.1) is 20.8 Å². The summed E-state index contributed by atoms with van der Waals surface area (Å²) >= 11 is 0. The molecule has 0 saturated carbocycles. The lowest BCUT2D eigenvalue weighted by molar-refractivity contribution is -0.0518. The summed E-state index contributed by atoms with van der Waals surface area (Å²) in [5.41, 5.74) is 8.66. The zero-order valence-electron chi connectivity index (χ0n) is 25.8. The number of Topliss-reactive ketones (excluding diaryl/α,β-unsaturated/α-hetero) is 1. The molecule has 0 atom stereocenters. The van der Waals surface area contributed by atoms with Crippen molar-refractivity contribution >= 4 is 16.7 Å². The Bertz CT molecular complexity index is 1700. The molecule has 0 fully saturated rings. The van der Waals surface area contributed by atoms with Crippen LogP contribution < -0.4 is 0 Å². The van der Waals surface area contributed by atoms with Crippen molar-refractivity contribution in [1.29, 1.82) is 0 Å². The van der Waals surface area contributed by atoms with Gasteiger partial charge in [0.1, 0.15) is 11.5 Å². The molecule has 5 nitrogen and oxygen atoms in total. The van der Waals surface area contributed by atoms with Crippen molar-refractivity contribution in [2.45, 2.75) is 86.0 Å². The van der Waals surface area contributed by atoms with E-state index in [1.165, 1.54) is 24.0 Å². The van der Waals surface area contributed by atoms with E-state index in [0.29, 0.717) is 12.4 Å². The summed E-state index contributed by atoms with van der Waals surface area (Å²) < 4.78 is 14.2. The second-order valence-corrected chi connectivity index (χ2v) is 11.4. The molecule has 3 heterocycles. The standard InChI is InChI=1S/C23H22N2O2.C14H20O/c1-14-9-5-6-10-18(14)23-24-20(17(4)27-23)13-25-15(2)22(16(3)26)19-11-7-8-12-21(19)25;1-3-9-14(10-4-2)13-8-6-5-7-12(13)11-15-14/h5-12H,13H2,1-4H3;5-8H,3-4,9-11H2,1-2H3.